The lowest BCUT2D eigenvalue weighted by Crippen LogP contribution is -2.39. The second-order valence-electron chi connectivity index (χ2n) is 3.05. The van der Waals surface area contributed by atoms with Gasteiger partial charge in [-0.05, 0) is 25.8 Å². The van der Waals surface area contributed by atoms with Crippen LogP contribution in [0.4, 0.5) is 0 Å². The van der Waals surface area contributed by atoms with E-state index < -0.39 is 0 Å². The maximum Gasteiger partial charge on any atom is 0.0326 e. The summed E-state index contributed by atoms with van der Waals surface area (Å²) in [6.07, 6.45) is 3.73. The summed E-state index contributed by atoms with van der Waals surface area (Å²) in [4.78, 5) is 0. The van der Waals surface area contributed by atoms with Crippen LogP contribution in [-0.2, 0) is 0 Å². The third-order valence-electron chi connectivity index (χ3n) is 2.33. The smallest absolute Gasteiger partial charge is 0.0326 e. The number of nitrogens with one attached hydrogen (secondary N) is 1. The Morgan fingerprint density at radius 1 is 1.62 bits per heavy atom. The number of nitrogens with two attached hydrogens (primary N) is 1. The molecule has 0 unspecified atom stereocenters. The third kappa shape index (κ3) is 0.501. The maximum atomic E-state index is 5.89. The van der Waals surface area contributed by atoms with Crippen LogP contribution in [0.1, 0.15) is 19.3 Å². The summed E-state index contributed by atoms with van der Waals surface area (Å²) in [5, 5.41) is 3.37. The highest BCUT2D eigenvalue weighted by Gasteiger charge is 2.51. The van der Waals surface area contributed by atoms with Gasteiger partial charge in [-0.25, -0.2) is 0 Å². The van der Waals surface area contributed by atoms with Gasteiger partial charge in [0.15, 0.2) is 0 Å². The van der Waals surface area contributed by atoms with Crippen molar-refractivity contribution in [3.63, 3.8) is 0 Å². The molecule has 0 bridgehead atoms. The molecular weight excluding hydrogens is 100 g/mol. The van der Waals surface area contributed by atoms with Gasteiger partial charge in [-0.2, -0.15) is 0 Å². The van der Waals surface area contributed by atoms with Crippen molar-refractivity contribution >= 4 is 0 Å². The molecule has 1 heterocycles. The summed E-state index contributed by atoms with van der Waals surface area (Å²) in [6, 6.07) is 0.677. The quantitative estimate of drug-likeness (QED) is 0.457. The Balaban J connectivity index is 2.04. The van der Waals surface area contributed by atoms with Gasteiger partial charge in [0.1, 0.15) is 0 Å². The average Bonchev–Trinajstić information content (AvgIpc) is 2.39. The van der Waals surface area contributed by atoms with E-state index in [2.05, 4.69) is 5.32 Å². The number of hydrogen-bond donors (Lipinski definition) is 2. The Hall–Kier alpha value is -0.0800. The van der Waals surface area contributed by atoms with Gasteiger partial charge in [0.25, 0.3) is 0 Å². The molecule has 2 atom stereocenters. The molecule has 0 radical (unpaired) electrons. The minimum absolute atomic E-state index is 0.234. The summed E-state index contributed by atoms with van der Waals surface area (Å²) in [6.45, 7) is 1.18. The first-order valence-corrected chi connectivity index (χ1v) is 3.33. The fraction of sp³-hybridized carbons (Fsp3) is 1.00. The van der Waals surface area contributed by atoms with Gasteiger partial charge < -0.3 is 11.1 Å². The molecule has 1 saturated heterocycles. The first-order valence-electron chi connectivity index (χ1n) is 3.33. The Labute approximate surface area is 49.4 Å². The molecule has 2 fully saturated rings. The van der Waals surface area contributed by atoms with Crippen molar-refractivity contribution in [2.24, 2.45) is 5.73 Å². The fourth-order valence-corrected chi connectivity index (χ4v) is 1.57. The highest BCUT2D eigenvalue weighted by atomic mass is 15.1. The van der Waals surface area contributed by atoms with Crippen molar-refractivity contribution in [1.82, 2.24) is 5.32 Å². The molecule has 1 aliphatic heterocycles. The van der Waals surface area contributed by atoms with E-state index in [1.165, 1.54) is 25.8 Å². The van der Waals surface area contributed by atoms with E-state index in [9.17, 15) is 0 Å². The minimum atomic E-state index is 0.234. The highest BCUT2D eigenvalue weighted by Crippen LogP contribution is 2.39. The van der Waals surface area contributed by atoms with Gasteiger partial charge in [-0.15, -0.1) is 0 Å². The molecule has 1 saturated carbocycles. The molecule has 0 aromatic carbocycles. The minimum Gasteiger partial charge on any atom is -0.324 e. The van der Waals surface area contributed by atoms with Crippen LogP contribution in [0.5, 0.6) is 0 Å². The lowest BCUT2D eigenvalue weighted by Gasteiger charge is -2.17. The predicted octanol–water partition coefficient (Wildman–Crippen LogP) is -0.160. The van der Waals surface area contributed by atoms with Crippen molar-refractivity contribution in [1.29, 1.82) is 0 Å². The van der Waals surface area contributed by atoms with E-state index in [0.29, 0.717) is 6.04 Å². The molecule has 1 aliphatic carbocycles. The van der Waals surface area contributed by atoms with Crippen LogP contribution in [0, 0.1) is 0 Å². The molecule has 2 nitrogen and oxygen atoms in total. The molecule has 46 valence electrons. The molecule has 0 spiro atoms. The van der Waals surface area contributed by atoms with E-state index in [4.69, 9.17) is 5.73 Å². The first-order chi connectivity index (χ1) is 3.81. The average molecular weight is 112 g/mol. The molecule has 0 aromatic heterocycles. The van der Waals surface area contributed by atoms with Crippen LogP contribution in [0.25, 0.3) is 0 Å². The van der Waals surface area contributed by atoms with E-state index in [-0.39, 0.29) is 5.54 Å². The first kappa shape index (κ1) is 4.77. The number of hydrogen-bond acceptors (Lipinski definition) is 2. The Morgan fingerprint density at radius 3 is 3.00 bits per heavy atom. The molecule has 8 heavy (non-hydrogen) atoms. The van der Waals surface area contributed by atoms with E-state index in [1.54, 1.807) is 0 Å². The zero-order chi connectivity index (χ0) is 5.61. The number of fused-ring (bicyclic) bond motifs is 1. The molecule has 2 heteroatoms. The SMILES string of the molecule is N[C@@]12CCCN[C@@H]1C2. The molecule has 0 amide bonds. The number of piperidine rings is 1. The maximum absolute atomic E-state index is 5.89. The topological polar surface area (TPSA) is 38.0 Å². The predicted molar refractivity (Wildman–Crippen MR) is 32.6 cm³/mol. The fourth-order valence-electron chi connectivity index (χ4n) is 1.57. The Kier molecular flexibility index (Phi) is 0.746. The molecular formula is C6H12N2. The van der Waals surface area contributed by atoms with Crippen LogP contribution >= 0.6 is 0 Å². The van der Waals surface area contributed by atoms with Crippen LogP contribution < -0.4 is 11.1 Å². The van der Waals surface area contributed by atoms with Crippen LogP contribution in [-0.4, -0.2) is 18.1 Å². The Bertz CT molecular complexity index is 111. The molecule has 3 N–H and O–H groups in total. The highest BCUT2D eigenvalue weighted by molar-refractivity contribution is 5.15. The van der Waals surface area contributed by atoms with Gasteiger partial charge in [0, 0.05) is 11.6 Å². The second kappa shape index (κ2) is 1.25. The summed E-state index contributed by atoms with van der Waals surface area (Å²) in [5.41, 5.74) is 6.12. The molecule has 2 aliphatic rings. The van der Waals surface area contributed by atoms with E-state index in [0.717, 1.165) is 0 Å². The number of rotatable bonds is 0. The van der Waals surface area contributed by atoms with Gasteiger partial charge >= 0.3 is 0 Å². The van der Waals surface area contributed by atoms with Crippen molar-refractivity contribution in [3.05, 3.63) is 0 Å². The summed E-state index contributed by atoms with van der Waals surface area (Å²) < 4.78 is 0. The van der Waals surface area contributed by atoms with Crippen molar-refractivity contribution in [3.8, 4) is 0 Å². The van der Waals surface area contributed by atoms with Gasteiger partial charge in [0.05, 0.1) is 0 Å². The van der Waals surface area contributed by atoms with Crippen molar-refractivity contribution in [2.45, 2.75) is 30.8 Å². The van der Waals surface area contributed by atoms with Crippen LogP contribution in [0.2, 0.25) is 0 Å². The standard InChI is InChI=1S/C6H12N2/c7-6-2-1-3-8-5(6)4-6/h5,8H,1-4,7H2/t5-,6-/m1/s1. The van der Waals surface area contributed by atoms with Crippen LogP contribution in [0.3, 0.4) is 0 Å². The lowest BCUT2D eigenvalue weighted by atomic mass is 10.1. The molecule has 2 rings (SSSR count). The van der Waals surface area contributed by atoms with E-state index >= 15 is 0 Å². The monoisotopic (exact) mass is 112 g/mol. The van der Waals surface area contributed by atoms with Gasteiger partial charge in [-0.3, -0.25) is 0 Å². The van der Waals surface area contributed by atoms with Gasteiger partial charge in [-0.1, -0.05) is 0 Å². The summed E-state index contributed by atoms with van der Waals surface area (Å²) in [5.74, 6) is 0. The second-order valence-corrected chi connectivity index (χ2v) is 3.05. The zero-order valence-corrected chi connectivity index (χ0v) is 4.98. The van der Waals surface area contributed by atoms with Crippen molar-refractivity contribution < 1.29 is 0 Å². The van der Waals surface area contributed by atoms with Crippen LogP contribution in [0.15, 0.2) is 0 Å². The zero-order valence-electron chi connectivity index (χ0n) is 4.98. The van der Waals surface area contributed by atoms with Gasteiger partial charge in [0.2, 0.25) is 0 Å². The molecule has 0 aromatic rings. The van der Waals surface area contributed by atoms with Crippen molar-refractivity contribution in [2.75, 3.05) is 6.54 Å². The third-order valence-corrected chi connectivity index (χ3v) is 2.33. The normalized spacial score (nSPS) is 52.9. The van der Waals surface area contributed by atoms with E-state index in [1.807, 2.05) is 0 Å². The Morgan fingerprint density at radius 2 is 2.50 bits per heavy atom. The lowest BCUT2D eigenvalue weighted by molar-refractivity contribution is 0.452. The summed E-state index contributed by atoms with van der Waals surface area (Å²) in [7, 11) is 0. The summed E-state index contributed by atoms with van der Waals surface area (Å²) >= 11 is 0. The largest absolute Gasteiger partial charge is 0.324 e.